The Kier molecular flexibility index (Phi) is 5.79. The maximum absolute atomic E-state index is 13.0. The first-order valence-electron chi connectivity index (χ1n) is 9.78. The van der Waals surface area contributed by atoms with Crippen LogP contribution in [0.25, 0.3) is 16.9 Å². The van der Waals surface area contributed by atoms with Crippen molar-refractivity contribution in [1.29, 1.82) is 5.26 Å². The Balaban J connectivity index is 1.83. The van der Waals surface area contributed by atoms with Crippen LogP contribution in [0.3, 0.4) is 0 Å². The molecule has 1 amide bonds. The van der Waals surface area contributed by atoms with Gasteiger partial charge in [0.15, 0.2) is 5.65 Å². The van der Waals surface area contributed by atoms with Crippen LogP contribution in [0.2, 0.25) is 0 Å². The third-order valence-corrected chi connectivity index (χ3v) is 5.57. The molecule has 32 heavy (non-hydrogen) atoms. The van der Waals surface area contributed by atoms with Crippen molar-refractivity contribution in [1.82, 2.24) is 14.6 Å². The maximum Gasteiger partial charge on any atom is 0.261 e. The zero-order chi connectivity index (χ0) is 22.8. The number of nitrogens with two attached hydrogens (primary N) is 1. The largest absolute Gasteiger partial charge is 0.496 e. The second kappa shape index (κ2) is 8.69. The molecule has 2 heterocycles. The second-order valence-corrected chi connectivity index (χ2v) is 7.89. The van der Waals surface area contributed by atoms with Gasteiger partial charge in [-0.2, -0.15) is 14.9 Å². The first-order valence-corrected chi connectivity index (χ1v) is 10.6. The fourth-order valence-electron chi connectivity index (χ4n) is 3.36. The third-order valence-electron chi connectivity index (χ3n) is 5.08. The van der Waals surface area contributed by atoms with Crippen LogP contribution >= 0.6 is 15.9 Å². The Labute approximate surface area is 192 Å². The molecule has 160 valence electrons. The molecular weight excluding hydrogens is 472 g/mol. The molecule has 3 N–H and O–H groups in total. The van der Waals surface area contributed by atoms with Gasteiger partial charge in [0.2, 0.25) is 0 Å². The summed E-state index contributed by atoms with van der Waals surface area (Å²) in [5.74, 6) is 0.215. The summed E-state index contributed by atoms with van der Waals surface area (Å²) in [6.45, 7) is 2.07. The lowest BCUT2D eigenvalue weighted by Gasteiger charge is -2.12. The lowest BCUT2D eigenvalue weighted by Crippen LogP contribution is -2.13. The number of nitrogens with one attached hydrogen (secondary N) is 1. The van der Waals surface area contributed by atoms with Crippen LogP contribution in [0.5, 0.6) is 5.75 Å². The number of aromatic nitrogens is 3. The average molecular weight is 491 g/mol. The summed E-state index contributed by atoms with van der Waals surface area (Å²) >= 11 is 3.41. The monoisotopic (exact) mass is 490 g/mol. The number of amides is 1. The highest BCUT2D eigenvalue weighted by atomic mass is 79.9. The molecule has 0 saturated heterocycles. The number of hydrogen-bond acceptors (Lipinski definition) is 6. The molecular formula is C23H19BrN6O2. The summed E-state index contributed by atoms with van der Waals surface area (Å²) < 4.78 is 7.57. The summed E-state index contributed by atoms with van der Waals surface area (Å²) in [6, 6.07) is 15.0. The minimum absolute atomic E-state index is 0.0869. The minimum atomic E-state index is -0.380. The van der Waals surface area contributed by atoms with Gasteiger partial charge in [0, 0.05) is 15.7 Å². The molecule has 0 bridgehead atoms. The van der Waals surface area contributed by atoms with Crippen LogP contribution < -0.4 is 15.8 Å². The van der Waals surface area contributed by atoms with Gasteiger partial charge in [0.05, 0.1) is 19.0 Å². The van der Waals surface area contributed by atoms with E-state index in [1.807, 2.05) is 30.3 Å². The number of carbonyl (C=O) groups is 1. The van der Waals surface area contributed by atoms with Gasteiger partial charge in [-0.1, -0.05) is 35.0 Å². The van der Waals surface area contributed by atoms with E-state index in [0.717, 1.165) is 10.9 Å². The quantitative estimate of drug-likeness (QED) is 0.426. The van der Waals surface area contributed by atoms with E-state index in [-0.39, 0.29) is 28.5 Å². The minimum Gasteiger partial charge on any atom is -0.496 e. The summed E-state index contributed by atoms with van der Waals surface area (Å²) in [6.07, 6.45) is 2.30. The van der Waals surface area contributed by atoms with Crippen molar-refractivity contribution in [3.05, 3.63) is 69.8 Å². The van der Waals surface area contributed by atoms with Crippen LogP contribution in [0.15, 0.2) is 53.1 Å². The summed E-state index contributed by atoms with van der Waals surface area (Å²) in [4.78, 5) is 17.6. The highest BCUT2D eigenvalue weighted by molar-refractivity contribution is 9.10. The number of rotatable bonds is 5. The van der Waals surface area contributed by atoms with Crippen LogP contribution in [0.4, 0.5) is 11.5 Å². The Morgan fingerprint density at radius 1 is 1.28 bits per heavy atom. The first-order chi connectivity index (χ1) is 15.5. The van der Waals surface area contributed by atoms with Gasteiger partial charge in [0.1, 0.15) is 28.8 Å². The third kappa shape index (κ3) is 3.76. The molecule has 0 aliphatic heterocycles. The van der Waals surface area contributed by atoms with Crippen molar-refractivity contribution in [2.45, 2.75) is 13.3 Å². The van der Waals surface area contributed by atoms with Crippen LogP contribution in [0.1, 0.15) is 28.4 Å². The number of hydrogen-bond donors (Lipinski definition) is 2. The van der Waals surface area contributed by atoms with Crippen LogP contribution in [-0.4, -0.2) is 27.6 Å². The molecule has 0 fully saturated rings. The lowest BCUT2D eigenvalue weighted by atomic mass is 10.1. The number of nitrogens with zero attached hydrogens (tertiary/aromatic N) is 4. The van der Waals surface area contributed by atoms with Gasteiger partial charge in [0.25, 0.3) is 5.91 Å². The molecule has 0 radical (unpaired) electrons. The highest BCUT2D eigenvalue weighted by Gasteiger charge is 2.23. The van der Waals surface area contributed by atoms with Crippen LogP contribution in [-0.2, 0) is 6.42 Å². The summed E-state index contributed by atoms with van der Waals surface area (Å²) in [7, 11) is 1.53. The number of nitrogen functional groups attached to an aromatic ring is 1. The van der Waals surface area contributed by atoms with E-state index in [1.165, 1.54) is 23.4 Å². The van der Waals surface area contributed by atoms with E-state index in [2.05, 4.69) is 44.3 Å². The fraction of sp³-hybridized carbons (Fsp3) is 0.130. The number of fused-ring (bicyclic) bond motifs is 1. The smallest absolute Gasteiger partial charge is 0.261 e. The SMILES string of the molecule is CCc1ccc(NC(=O)c2cnn3c(N)c(C#N)c(-c4ccc(Br)cc4OC)nc23)cc1. The maximum atomic E-state index is 13.0. The van der Waals surface area contributed by atoms with Gasteiger partial charge in [-0.25, -0.2) is 4.98 Å². The van der Waals surface area contributed by atoms with Crippen molar-refractivity contribution >= 4 is 39.0 Å². The fourth-order valence-corrected chi connectivity index (χ4v) is 3.70. The predicted molar refractivity (Wildman–Crippen MR) is 126 cm³/mol. The molecule has 0 aliphatic carbocycles. The van der Waals surface area contributed by atoms with E-state index < -0.39 is 0 Å². The van der Waals surface area contributed by atoms with E-state index >= 15 is 0 Å². The Morgan fingerprint density at radius 2 is 2.03 bits per heavy atom. The molecule has 4 aromatic rings. The van der Waals surface area contributed by atoms with Crippen molar-refractivity contribution in [2.24, 2.45) is 0 Å². The van der Waals surface area contributed by atoms with Crippen molar-refractivity contribution in [3.63, 3.8) is 0 Å². The van der Waals surface area contributed by atoms with Crippen molar-refractivity contribution < 1.29 is 9.53 Å². The topological polar surface area (TPSA) is 118 Å². The van der Waals surface area contributed by atoms with Crippen molar-refractivity contribution in [3.8, 4) is 23.1 Å². The number of anilines is 2. The Bertz CT molecular complexity index is 1370. The molecule has 2 aromatic carbocycles. The number of benzene rings is 2. The molecule has 0 atom stereocenters. The molecule has 0 saturated carbocycles. The van der Waals surface area contributed by atoms with Crippen molar-refractivity contribution in [2.75, 3.05) is 18.2 Å². The predicted octanol–water partition coefficient (Wildman–Crippen LogP) is 4.44. The second-order valence-electron chi connectivity index (χ2n) is 6.98. The standard InChI is InChI=1S/C23H19BrN6O2/c1-3-13-4-7-15(8-5-13)28-23(31)18-12-27-30-21(26)17(11-25)20(29-22(18)30)16-9-6-14(24)10-19(16)32-2/h4-10,12H,3,26H2,1-2H3,(H,28,31). The van der Waals surface area contributed by atoms with Crippen LogP contribution in [0, 0.1) is 11.3 Å². The lowest BCUT2D eigenvalue weighted by molar-refractivity contribution is 0.102. The number of ether oxygens (including phenoxy) is 1. The molecule has 0 spiro atoms. The molecule has 9 heteroatoms. The van der Waals surface area contributed by atoms with Gasteiger partial charge in [-0.05, 0) is 42.3 Å². The van der Waals surface area contributed by atoms with E-state index in [1.54, 1.807) is 12.1 Å². The van der Waals surface area contributed by atoms with E-state index in [9.17, 15) is 10.1 Å². The van der Waals surface area contributed by atoms with Gasteiger partial charge < -0.3 is 15.8 Å². The van der Waals surface area contributed by atoms with E-state index in [4.69, 9.17) is 10.5 Å². The number of carbonyl (C=O) groups excluding carboxylic acids is 1. The number of halogens is 1. The van der Waals surface area contributed by atoms with Gasteiger partial charge in [-0.3, -0.25) is 4.79 Å². The highest BCUT2D eigenvalue weighted by Crippen LogP contribution is 2.35. The zero-order valence-corrected chi connectivity index (χ0v) is 19.0. The molecule has 2 aromatic heterocycles. The number of methoxy groups -OCH3 is 1. The molecule has 0 unspecified atom stereocenters. The van der Waals surface area contributed by atoms with Gasteiger partial charge in [-0.15, -0.1) is 0 Å². The molecule has 0 aliphatic rings. The Morgan fingerprint density at radius 3 is 2.69 bits per heavy atom. The number of nitriles is 1. The number of aryl methyl sites for hydroxylation is 1. The molecule has 8 nitrogen and oxygen atoms in total. The first kappa shape index (κ1) is 21.3. The van der Waals surface area contributed by atoms with E-state index in [0.29, 0.717) is 22.7 Å². The summed E-state index contributed by atoms with van der Waals surface area (Å²) in [5, 5.41) is 16.8. The average Bonchev–Trinajstić information content (AvgIpc) is 3.24. The molecule has 4 rings (SSSR count). The summed E-state index contributed by atoms with van der Waals surface area (Å²) in [5.41, 5.74) is 9.57. The van der Waals surface area contributed by atoms with Gasteiger partial charge >= 0.3 is 0 Å². The Hall–Kier alpha value is -3.90. The normalized spacial score (nSPS) is 10.7. The zero-order valence-electron chi connectivity index (χ0n) is 17.4.